The van der Waals surface area contributed by atoms with Gasteiger partial charge in [-0.1, -0.05) is 23.7 Å². The second-order valence-corrected chi connectivity index (χ2v) is 5.78. The van der Waals surface area contributed by atoms with Crippen molar-refractivity contribution < 1.29 is 4.39 Å². The van der Waals surface area contributed by atoms with E-state index in [9.17, 15) is 4.39 Å². The Morgan fingerprint density at radius 2 is 1.86 bits per heavy atom. The average Bonchev–Trinajstić information content (AvgIpc) is 2.55. The van der Waals surface area contributed by atoms with E-state index in [1.54, 1.807) is 0 Å². The van der Waals surface area contributed by atoms with Crippen LogP contribution in [0.15, 0.2) is 30.6 Å². The molecule has 1 aliphatic rings. The van der Waals surface area contributed by atoms with Crippen LogP contribution in [0.2, 0.25) is 5.15 Å². The molecule has 1 aliphatic heterocycles. The van der Waals surface area contributed by atoms with E-state index >= 15 is 0 Å². The molecule has 4 nitrogen and oxygen atoms in total. The number of hydrogen-bond acceptors (Lipinski definition) is 4. The molecule has 0 bridgehead atoms. The molecular formula is C16H18ClFN4. The van der Waals surface area contributed by atoms with Gasteiger partial charge in [-0.05, 0) is 36.5 Å². The fourth-order valence-electron chi connectivity index (χ4n) is 2.97. The van der Waals surface area contributed by atoms with Gasteiger partial charge in [-0.2, -0.15) is 0 Å². The lowest BCUT2D eigenvalue weighted by Gasteiger charge is -2.34. The fraction of sp³-hybridized carbons (Fsp3) is 0.375. The van der Waals surface area contributed by atoms with Crippen LogP contribution >= 0.6 is 11.6 Å². The van der Waals surface area contributed by atoms with Crippen LogP contribution in [0.3, 0.4) is 0 Å². The Kier molecular flexibility index (Phi) is 4.43. The van der Waals surface area contributed by atoms with Gasteiger partial charge in [0, 0.05) is 20.1 Å². The Morgan fingerprint density at radius 3 is 2.50 bits per heavy atom. The molecule has 2 heterocycles. The molecule has 1 N–H and O–H groups in total. The zero-order chi connectivity index (χ0) is 15.5. The van der Waals surface area contributed by atoms with Gasteiger partial charge >= 0.3 is 0 Å². The molecule has 0 unspecified atom stereocenters. The zero-order valence-electron chi connectivity index (χ0n) is 12.4. The first kappa shape index (κ1) is 15.0. The smallest absolute Gasteiger partial charge is 0.157 e. The zero-order valence-corrected chi connectivity index (χ0v) is 13.1. The third-order valence-electron chi connectivity index (χ3n) is 4.17. The number of anilines is 2. The van der Waals surface area contributed by atoms with Gasteiger partial charge in [-0.15, -0.1) is 0 Å². The lowest BCUT2D eigenvalue weighted by molar-refractivity contribution is 0.502. The van der Waals surface area contributed by atoms with E-state index in [1.165, 1.54) is 24.0 Å². The van der Waals surface area contributed by atoms with Crippen molar-refractivity contribution in [2.75, 3.05) is 30.4 Å². The summed E-state index contributed by atoms with van der Waals surface area (Å²) in [6.45, 7) is 1.79. The topological polar surface area (TPSA) is 41.1 Å². The summed E-state index contributed by atoms with van der Waals surface area (Å²) in [5.41, 5.74) is 1.97. The summed E-state index contributed by atoms with van der Waals surface area (Å²) >= 11 is 6.11. The third kappa shape index (κ3) is 2.99. The van der Waals surface area contributed by atoms with Crippen molar-refractivity contribution in [3.63, 3.8) is 0 Å². The predicted molar refractivity (Wildman–Crippen MR) is 87.2 cm³/mol. The molecule has 1 saturated heterocycles. The van der Waals surface area contributed by atoms with Crippen LogP contribution in [0, 0.1) is 5.82 Å². The Bertz CT molecular complexity index is 639. The molecule has 2 aromatic rings. The van der Waals surface area contributed by atoms with Crippen LogP contribution in [-0.2, 0) is 0 Å². The van der Waals surface area contributed by atoms with E-state index in [4.69, 9.17) is 11.6 Å². The van der Waals surface area contributed by atoms with E-state index in [2.05, 4.69) is 20.2 Å². The van der Waals surface area contributed by atoms with Crippen LogP contribution in [0.1, 0.15) is 24.3 Å². The number of nitrogens with one attached hydrogen (secondary N) is 1. The molecule has 1 aromatic heterocycles. The summed E-state index contributed by atoms with van der Waals surface area (Å²) in [7, 11) is 1.82. The predicted octanol–water partition coefficient (Wildman–Crippen LogP) is 3.69. The monoisotopic (exact) mass is 320 g/mol. The van der Waals surface area contributed by atoms with Crippen molar-refractivity contribution in [1.82, 2.24) is 9.97 Å². The van der Waals surface area contributed by atoms with Crippen molar-refractivity contribution in [1.29, 1.82) is 0 Å². The van der Waals surface area contributed by atoms with Gasteiger partial charge in [-0.25, -0.2) is 14.4 Å². The van der Waals surface area contributed by atoms with Crippen LogP contribution < -0.4 is 10.2 Å². The minimum Gasteiger partial charge on any atom is -0.383 e. The summed E-state index contributed by atoms with van der Waals surface area (Å²) in [6.07, 6.45) is 3.51. The minimum atomic E-state index is -0.185. The normalized spacial score (nSPS) is 15.9. The van der Waals surface area contributed by atoms with Gasteiger partial charge in [-0.3, -0.25) is 0 Å². The highest BCUT2D eigenvalue weighted by Crippen LogP contribution is 2.34. The number of piperidine rings is 1. The summed E-state index contributed by atoms with van der Waals surface area (Å²) in [6, 6.07) is 6.84. The number of nitrogens with zero attached hydrogens (tertiary/aromatic N) is 3. The van der Waals surface area contributed by atoms with E-state index in [-0.39, 0.29) is 5.82 Å². The SMILES string of the molecule is CNc1c(Cl)ncnc1N1CCC(c2ccc(F)cc2)CC1. The summed E-state index contributed by atoms with van der Waals surface area (Å²) in [4.78, 5) is 10.6. The number of rotatable bonds is 3. The van der Waals surface area contributed by atoms with Gasteiger partial charge in [0.05, 0.1) is 0 Å². The quantitative estimate of drug-likeness (QED) is 0.876. The van der Waals surface area contributed by atoms with Crippen LogP contribution in [0.5, 0.6) is 0 Å². The first-order valence-corrected chi connectivity index (χ1v) is 7.75. The maximum atomic E-state index is 13.0. The van der Waals surface area contributed by atoms with Crippen molar-refractivity contribution in [2.24, 2.45) is 0 Å². The molecule has 1 aromatic carbocycles. The third-order valence-corrected chi connectivity index (χ3v) is 4.45. The van der Waals surface area contributed by atoms with Gasteiger partial charge in [0.25, 0.3) is 0 Å². The van der Waals surface area contributed by atoms with Gasteiger partial charge in [0.15, 0.2) is 11.0 Å². The van der Waals surface area contributed by atoms with Crippen LogP contribution in [0.25, 0.3) is 0 Å². The summed E-state index contributed by atoms with van der Waals surface area (Å²) in [5.74, 6) is 1.13. The fourth-order valence-corrected chi connectivity index (χ4v) is 3.19. The first-order chi connectivity index (χ1) is 10.7. The van der Waals surface area contributed by atoms with Gasteiger partial charge < -0.3 is 10.2 Å². The molecule has 1 fully saturated rings. The Balaban J connectivity index is 1.72. The molecule has 3 rings (SSSR count). The summed E-state index contributed by atoms with van der Waals surface area (Å²) in [5, 5.41) is 3.51. The molecule has 0 saturated carbocycles. The Labute approximate surface area is 134 Å². The Hall–Kier alpha value is -1.88. The molecule has 0 radical (unpaired) electrons. The second-order valence-electron chi connectivity index (χ2n) is 5.43. The summed E-state index contributed by atoms with van der Waals surface area (Å²) < 4.78 is 13.0. The lowest BCUT2D eigenvalue weighted by Crippen LogP contribution is -2.34. The number of halogens is 2. The number of benzene rings is 1. The molecule has 0 aliphatic carbocycles. The highest BCUT2D eigenvalue weighted by molar-refractivity contribution is 6.32. The van der Waals surface area contributed by atoms with E-state index in [1.807, 2.05) is 19.2 Å². The van der Waals surface area contributed by atoms with E-state index < -0.39 is 0 Å². The molecular weight excluding hydrogens is 303 g/mol. The first-order valence-electron chi connectivity index (χ1n) is 7.37. The van der Waals surface area contributed by atoms with E-state index in [0.29, 0.717) is 11.1 Å². The van der Waals surface area contributed by atoms with Crippen molar-refractivity contribution in [2.45, 2.75) is 18.8 Å². The molecule has 22 heavy (non-hydrogen) atoms. The van der Waals surface area contributed by atoms with Crippen LogP contribution in [0.4, 0.5) is 15.9 Å². The molecule has 0 atom stereocenters. The number of hydrogen-bond donors (Lipinski definition) is 1. The van der Waals surface area contributed by atoms with Gasteiger partial charge in [0.2, 0.25) is 0 Å². The van der Waals surface area contributed by atoms with Gasteiger partial charge in [0.1, 0.15) is 17.8 Å². The second kappa shape index (κ2) is 6.48. The van der Waals surface area contributed by atoms with Crippen LogP contribution in [-0.4, -0.2) is 30.1 Å². The largest absolute Gasteiger partial charge is 0.383 e. The van der Waals surface area contributed by atoms with Crippen molar-refractivity contribution in [3.05, 3.63) is 47.1 Å². The Morgan fingerprint density at radius 1 is 1.18 bits per heavy atom. The maximum Gasteiger partial charge on any atom is 0.157 e. The highest BCUT2D eigenvalue weighted by Gasteiger charge is 2.24. The number of aromatic nitrogens is 2. The lowest BCUT2D eigenvalue weighted by atomic mass is 9.89. The van der Waals surface area contributed by atoms with Crippen molar-refractivity contribution in [3.8, 4) is 0 Å². The average molecular weight is 321 g/mol. The molecule has 116 valence electrons. The van der Waals surface area contributed by atoms with E-state index in [0.717, 1.165) is 37.4 Å². The standard InChI is InChI=1S/C16H18ClFN4/c1-19-14-15(17)20-10-21-16(14)22-8-6-12(7-9-22)11-2-4-13(18)5-3-11/h2-5,10,12,19H,6-9H2,1H3. The molecule has 6 heteroatoms. The minimum absolute atomic E-state index is 0.185. The maximum absolute atomic E-state index is 13.0. The highest BCUT2D eigenvalue weighted by atomic mass is 35.5. The molecule has 0 amide bonds. The van der Waals surface area contributed by atoms with Crippen molar-refractivity contribution >= 4 is 23.1 Å². The molecule has 0 spiro atoms.